The van der Waals surface area contributed by atoms with Crippen LogP contribution in [0.15, 0.2) is 22.7 Å². The second kappa shape index (κ2) is 11.0. The highest BCUT2D eigenvalue weighted by atomic mass is 35.5. The predicted molar refractivity (Wildman–Crippen MR) is 105 cm³/mol. The summed E-state index contributed by atoms with van der Waals surface area (Å²) in [6.45, 7) is 9.28. The minimum Gasteiger partial charge on any atom is -0.356 e. The summed E-state index contributed by atoms with van der Waals surface area (Å²) in [5.74, 6) is -0.277. The van der Waals surface area contributed by atoms with Crippen LogP contribution in [0, 0.1) is 5.82 Å². The third-order valence-electron chi connectivity index (χ3n) is 4.69. The van der Waals surface area contributed by atoms with Crippen molar-refractivity contribution >= 4 is 35.8 Å². The topological polar surface area (TPSA) is 32.5 Å². The van der Waals surface area contributed by atoms with E-state index < -0.39 is 0 Å². The zero-order chi connectivity index (χ0) is 16.1. The first kappa shape index (κ1) is 22.2. The van der Waals surface area contributed by atoms with Gasteiger partial charge in [-0.1, -0.05) is 18.5 Å². The second-order valence-corrected chi connectivity index (χ2v) is 6.41. The van der Waals surface area contributed by atoms with E-state index in [1.54, 1.807) is 6.07 Å². The van der Waals surface area contributed by atoms with E-state index in [0.29, 0.717) is 5.58 Å². The van der Waals surface area contributed by atoms with Crippen LogP contribution in [-0.4, -0.2) is 54.2 Å². The fourth-order valence-electron chi connectivity index (χ4n) is 3.23. The van der Waals surface area contributed by atoms with E-state index in [4.69, 9.17) is 4.52 Å². The molecule has 0 aliphatic carbocycles. The van der Waals surface area contributed by atoms with Crippen molar-refractivity contribution in [3.63, 3.8) is 0 Å². The van der Waals surface area contributed by atoms with Crippen LogP contribution < -0.4 is 0 Å². The lowest BCUT2D eigenvalue weighted by Gasteiger charge is -2.34. The van der Waals surface area contributed by atoms with Gasteiger partial charge < -0.3 is 14.3 Å². The first-order chi connectivity index (χ1) is 11.3. The standard InChI is InChI=1S/C18H26FN3O.2ClH/c1-2-3-8-21-10-12-22(13-11-21)9-4-5-17-16-7-6-15(19)14-18(16)23-20-17;;/h6-7,14H,2-5,8-13H2,1H3;2*1H. The molecule has 0 amide bonds. The van der Waals surface area contributed by atoms with Crippen LogP contribution >= 0.6 is 24.8 Å². The van der Waals surface area contributed by atoms with Crippen LogP contribution in [0.2, 0.25) is 0 Å². The Hall–Kier alpha value is -0.880. The van der Waals surface area contributed by atoms with Gasteiger partial charge in [0.1, 0.15) is 5.82 Å². The van der Waals surface area contributed by atoms with Crippen LogP contribution in [0.3, 0.4) is 0 Å². The normalized spacial score (nSPS) is 15.8. The lowest BCUT2D eigenvalue weighted by atomic mass is 10.1. The molecule has 142 valence electrons. The molecule has 1 aromatic carbocycles. The van der Waals surface area contributed by atoms with Crippen molar-refractivity contribution in [2.45, 2.75) is 32.6 Å². The molecule has 2 heterocycles. The highest BCUT2D eigenvalue weighted by Crippen LogP contribution is 2.20. The molecule has 4 nitrogen and oxygen atoms in total. The third-order valence-corrected chi connectivity index (χ3v) is 4.69. The Balaban J connectivity index is 0.00000156. The number of aryl methyl sites for hydroxylation is 1. The lowest BCUT2D eigenvalue weighted by molar-refractivity contribution is 0.130. The van der Waals surface area contributed by atoms with Crippen molar-refractivity contribution in [1.29, 1.82) is 0 Å². The fourth-order valence-corrected chi connectivity index (χ4v) is 3.23. The van der Waals surface area contributed by atoms with Crippen molar-refractivity contribution in [3.05, 3.63) is 29.7 Å². The zero-order valence-electron chi connectivity index (χ0n) is 14.7. The Morgan fingerprint density at radius 2 is 1.68 bits per heavy atom. The number of nitrogens with zero attached hydrogens (tertiary/aromatic N) is 3. The highest BCUT2D eigenvalue weighted by molar-refractivity contribution is 5.85. The van der Waals surface area contributed by atoms with Crippen molar-refractivity contribution in [3.8, 4) is 0 Å². The summed E-state index contributed by atoms with van der Waals surface area (Å²) >= 11 is 0. The summed E-state index contributed by atoms with van der Waals surface area (Å²) < 4.78 is 18.4. The summed E-state index contributed by atoms with van der Waals surface area (Å²) in [7, 11) is 0. The summed E-state index contributed by atoms with van der Waals surface area (Å²) in [6, 6.07) is 4.64. The van der Waals surface area contributed by atoms with Crippen LogP contribution in [0.5, 0.6) is 0 Å². The van der Waals surface area contributed by atoms with Gasteiger partial charge in [0.2, 0.25) is 0 Å². The van der Waals surface area contributed by atoms with E-state index >= 15 is 0 Å². The van der Waals surface area contributed by atoms with E-state index in [1.165, 1.54) is 44.6 Å². The predicted octanol–water partition coefficient (Wildman–Crippen LogP) is 4.16. The van der Waals surface area contributed by atoms with Crippen molar-refractivity contribution in [2.75, 3.05) is 39.3 Å². The van der Waals surface area contributed by atoms with Crippen molar-refractivity contribution in [2.24, 2.45) is 0 Å². The quantitative estimate of drug-likeness (QED) is 0.708. The smallest absolute Gasteiger partial charge is 0.170 e. The van der Waals surface area contributed by atoms with Crippen molar-refractivity contribution in [1.82, 2.24) is 15.0 Å². The van der Waals surface area contributed by atoms with Crippen LogP contribution in [0.4, 0.5) is 4.39 Å². The Morgan fingerprint density at radius 1 is 1.04 bits per heavy atom. The molecule has 1 fully saturated rings. The summed E-state index contributed by atoms with van der Waals surface area (Å²) in [6.07, 6.45) is 4.53. The van der Waals surface area contributed by atoms with Gasteiger partial charge in [-0.2, -0.15) is 0 Å². The van der Waals surface area contributed by atoms with Gasteiger partial charge in [0, 0.05) is 37.6 Å². The molecule has 1 saturated heterocycles. The van der Waals surface area contributed by atoms with Gasteiger partial charge in [-0.25, -0.2) is 4.39 Å². The maximum absolute atomic E-state index is 13.2. The van der Waals surface area contributed by atoms with Crippen LogP contribution in [0.1, 0.15) is 31.9 Å². The molecule has 0 radical (unpaired) electrons. The molecular weight excluding hydrogens is 364 g/mol. The summed E-state index contributed by atoms with van der Waals surface area (Å²) in [5.41, 5.74) is 1.49. The van der Waals surface area contributed by atoms with Gasteiger partial charge >= 0.3 is 0 Å². The molecule has 1 aromatic heterocycles. The molecule has 2 aromatic rings. The van der Waals surface area contributed by atoms with Gasteiger partial charge in [0.25, 0.3) is 0 Å². The van der Waals surface area contributed by atoms with E-state index in [9.17, 15) is 4.39 Å². The van der Waals surface area contributed by atoms with Crippen LogP contribution in [-0.2, 0) is 6.42 Å². The maximum Gasteiger partial charge on any atom is 0.170 e. The number of hydrogen-bond donors (Lipinski definition) is 0. The number of hydrogen-bond acceptors (Lipinski definition) is 4. The number of benzene rings is 1. The number of piperazine rings is 1. The van der Waals surface area contributed by atoms with Gasteiger partial charge in [0.05, 0.1) is 5.69 Å². The SMILES string of the molecule is CCCCN1CCN(CCCc2noc3cc(F)ccc23)CC1.Cl.Cl. The van der Waals surface area contributed by atoms with E-state index in [2.05, 4.69) is 21.9 Å². The Morgan fingerprint density at radius 3 is 2.32 bits per heavy atom. The van der Waals surface area contributed by atoms with Gasteiger partial charge in [-0.15, -0.1) is 24.8 Å². The average molecular weight is 392 g/mol. The number of aromatic nitrogens is 1. The number of unbranched alkanes of at least 4 members (excludes halogenated alkanes) is 1. The minimum atomic E-state index is -0.277. The Labute approximate surface area is 161 Å². The summed E-state index contributed by atoms with van der Waals surface area (Å²) in [4.78, 5) is 5.10. The van der Waals surface area contributed by atoms with Crippen LogP contribution in [0.25, 0.3) is 11.0 Å². The lowest BCUT2D eigenvalue weighted by Crippen LogP contribution is -2.46. The van der Waals surface area contributed by atoms with Gasteiger partial charge in [-0.05, 0) is 44.5 Å². The minimum absolute atomic E-state index is 0. The first-order valence-corrected chi connectivity index (χ1v) is 8.75. The monoisotopic (exact) mass is 391 g/mol. The number of fused-ring (bicyclic) bond motifs is 1. The largest absolute Gasteiger partial charge is 0.356 e. The maximum atomic E-state index is 13.2. The molecule has 0 unspecified atom stereocenters. The molecule has 0 atom stereocenters. The van der Waals surface area contributed by atoms with E-state index in [0.717, 1.165) is 43.6 Å². The Bertz CT molecular complexity index is 630. The Kier molecular flexibility index (Phi) is 9.72. The molecule has 0 N–H and O–H groups in total. The van der Waals surface area contributed by atoms with E-state index in [1.807, 2.05) is 0 Å². The van der Waals surface area contributed by atoms with Crippen molar-refractivity contribution < 1.29 is 8.91 Å². The molecule has 0 saturated carbocycles. The first-order valence-electron chi connectivity index (χ1n) is 8.75. The third kappa shape index (κ3) is 6.10. The molecule has 25 heavy (non-hydrogen) atoms. The van der Waals surface area contributed by atoms with Gasteiger partial charge in [-0.3, -0.25) is 0 Å². The number of rotatable bonds is 7. The molecular formula is C18H28Cl2FN3O. The molecule has 0 bridgehead atoms. The average Bonchev–Trinajstić information content (AvgIpc) is 2.96. The fraction of sp³-hybridized carbons (Fsp3) is 0.611. The molecule has 0 spiro atoms. The molecule has 1 aliphatic heterocycles. The zero-order valence-corrected chi connectivity index (χ0v) is 16.4. The number of halogens is 3. The van der Waals surface area contributed by atoms with E-state index in [-0.39, 0.29) is 30.6 Å². The van der Waals surface area contributed by atoms with Gasteiger partial charge in [0.15, 0.2) is 5.58 Å². The highest BCUT2D eigenvalue weighted by Gasteiger charge is 2.16. The summed E-state index contributed by atoms with van der Waals surface area (Å²) in [5, 5.41) is 5.04. The molecule has 7 heteroatoms. The second-order valence-electron chi connectivity index (χ2n) is 6.41. The molecule has 3 rings (SSSR count). The molecule has 1 aliphatic rings.